The number of nitrogens with zero attached hydrogens (tertiary/aromatic N) is 2. The molecule has 1 aliphatic rings. The van der Waals surface area contributed by atoms with Gasteiger partial charge < -0.3 is 5.32 Å². The lowest BCUT2D eigenvalue weighted by Crippen LogP contribution is -2.60. The lowest BCUT2D eigenvalue weighted by atomic mass is 9.98. The molecule has 0 amide bonds. The Morgan fingerprint density at radius 1 is 1.17 bits per heavy atom. The van der Waals surface area contributed by atoms with Crippen LogP contribution in [0.2, 0.25) is 0 Å². The third kappa shape index (κ3) is 4.22. The van der Waals surface area contributed by atoms with Gasteiger partial charge in [0.2, 0.25) is 0 Å². The van der Waals surface area contributed by atoms with E-state index in [1.165, 1.54) is 19.5 Å². The lowest BCUT2D eigenvalue weighted by molar-refractivity contribution is 0.0209. The number of rotatable bonds is 6. The van der Waals surface area contributed by atoms with Gasteiger partial charge in [-0.05, 0) is 39.8 Å². The van der Waals surface area contributed by atoms with Gasteiger partial charge in [0.1, 0.15) is 0 Å². The highest BCUT2D eigenvalue weighted by atomic mass is 15.3. The van der Waals surface area contributed by atoms with E-state index in [9.17, 15) is 0 Å². The third-order valence-corrected chi connectivity index (χ3v) is 4.41. The van der Waals surface area contributed by atoms with Crippen LogP contribution in [0.3, 0.4) is 0 Å². The first-order chi connectivity index (χ1) is 8.47. The third-order valence-electron chi connectivity index (χ3n) is 4.41. The number of piperazine rings is 1. The molecule has 18 heavy (non-hydrogen) atoms. The maximum absolute atomic E-state index is 3.60. The van der Waals surface area contributed by atoms with Gasteiger partial charge in [-0.2, -0.15) is 0 Å². The Hall–Kier alpha value is -0.120. The predicted octanol–water partition coefficient (Wildman–Crippen LogP) is 2.03. The SMILES string of the molecule is CCCNCC(C(C)C)N1CC(C)N(C)C(C)C1. The molecule has 0 spiro atoms. The average Bonchev–Trinajstić information content (AvgIpc) is 2.30. The monoisotopic (exact) mass is 255 g/mol. The molecule has 3 atom stereocenters. The minimum absolute atomic E-state index is 0.668. The highest BCUT2D eigenvalue weighted by molar-refractivity contribution is 4.88. The minimum Gasteiger partial charge on any atom is -0.315 e. The summed E-state index contributed by atoms with van der Waals surface area (Å²) in [6.45, 7) is 16.3. The topological polar surface area (TPSA) is 18.5 Å². The van der Waals surface area contributed by atoms with Gasteiger partial charge in [0, 0.05) is 37.8 Å². The normalized spacial score (nSPS) is 28.8. The highest BCUT2D eigenvalue weighted by Crippen LogP contribution is 2.19. The summed E-state index contributed by atoms with van der Waals surface area (Å²) < 4.78 is 0. The molecule has 0 bridgehead atoms. The van der Waals surface area contributed by atoms with E-state index in [-0.39, 0.29) is 0 Å². The quantitative estimate of drug-likeness (QED) is 0.733. The van der Waals surface area contributed by atoms with Crippen molar-refractivity contribution in [2.75, 3.05) is 33.2 Å². The highest BCUT2D eigenvalue weighted by Gasteiger charge is 2.31. The van der Waals surface area contributed by atoms with Gasteiger partial charge in [0.15, 0.2) is 0 Å². The zero-order chi connectivity index (χ0) is 13.7. The summed E-state index contributed by atoms with van der Waals surface area (Å²) in [5.41, 5.74) is 0. The van der Waals surface area contributed by atoms with Crippen molar-refractivity contribution in [2.45, 2.75) is 59.2 Å². The van der Waals surface area contributed by atoms with E-state index in [1.807, 2.05) is 0 Å². The van der Waals surface area contributed by atoms with Gasteiger partial charge in [-0.1, -0.05) is 20.8 Å². The number of hydrogen-bond donors (Lipinski definition) is 1. The van der Waals surface area contributed by atoms with E-state index in [2.05, 4.69) is 56.8 Å². The lowest BCUT2D eigenvalue weighted by Gasteiger charge is -2.46. The number of nitrogens with one attached hydrogen (secondary N) is 1. The Morgan fingerprint density at radius 2 is 1.72 bits per heavy atom. The maximum Gasteiger partial charge on any atom is 0.0244 e. The van der Waals surface area contributed by atoms with Gasteiger partial charge in [0.25, 0.3) is 0 Å². The molecular formula is C15H33N3. The van der Waals surface area contributed by atoms with E-state index in [0.717, 1.165) is 19.0 Å². The van der Waals surface area contributed by atoms with Gasteiger partial charge in [-0.15, -0.1) is 0 Å². The second-order valence-electron chi connectivity index (χ2n) is 6.33. The molecule has 3 heteroatoms. The molecule has 3 unspecified atom stereocenters. The molecule has 0 aromatic heterocycles. The van der Waals surface area contributed by atoms with Crippen LogP contribution in [-0.4, -0.2) is 61.2 Å². The van der Waals surface area contributed by atoms with E-state index in [1.54, 1.807) is 0 Å². The van der Waals surface area contributed by atoms with Crippen molar-refractivity contribution in [1.82, 2.24) is 15.1 Å². The largest absolute Gasteiger partial charge is 0.315 e. The van der Waals surface area contributed by atoms with Crippen LogP contribution in [-0.2, 0) is 0 Å². The van der Waals surface area contributed by atoms with Crippen molar-refractivity contribution in [1.29, 1.82) is 0 Å². The zero-order valence-corrected chi connectivity index (χ0v) is 13.2. The molecule has 1 rings (SSSR count). The zero-order valence-electron chi connectivity index (χ0n) is 13.2. The first kappa shape index (κ1) is 15.9. The molecule has 0 saturated carbocycles. The molecule has 0 aromatic carbocycles. The van der Waals surface area contributed by atoms with Crippen LogP contribution in [0.4, 0.5) is 0 Å². The molecule has 3 nitrogen and oxygen atoms in total. The molecule has 1 saturated heterocycles. The van der Waals surface area contributed by atoms with E-state index in [4.69, 9.17) is 0 Å². The molecule has 108 valence electrons. The minimum atomic E-state index is 0.668. The first-order valence-corrected chi connectivity index (χ1v) is 7.64. The van der Waals surface area contributed by atoms with Gasteiger partial charge in [-0.25, -0.2) is 0 Å². The predicted molar refractivity (Wildman–Crippen MR) is 80.0 cm³/mol. The average molecular weight is 255 g/mol. The summed E-state index contributed by atoms with van der Waals surface area (Å²) in [5, 5.41) is 3.60. The van der Waals surface area contributed by atoms with Crippen molar-refractivity contribution in [2.24, 2.45) is 5.92 Å². The van der Waals surface area contributed by atoms with Crippen molar-refractivity contribution < 1.29 is 0 Å². The molecule has 0 aromatic rings. The molecule has 1 N–H and O–H groups in total. The van der Waals surface area contributed by atoms with E-state index in [0.29, 0.717) is 18.1 Å². The summed E-state index contributed by atoms with van der Waals surface area (Å²) in [6, 6.07) is 2.01. The molecule has 1 heterocycles. The second-order valence-corrected chi connectivity index (χ2v) is 6.33. The number of likely N-dealkylation sites (N-methyl/N-ethyl adjacent to an activating group) is 1. The molecule has 1 aliphatic heterocycles. The summed E-state index contributed by atoms with van der Waals surface area (Å²) in [6.07, 6.45) is 1.22. The molecule has 0 radical (unpaired) electrons. The van der Waals surface area contributed by atoms with Crippen LogP contribution in [0.25, 0.3) is 0 Å². The van der Waals surface area contributed by atoms with Gasteiger partial charge in [0.05, 0.1) is 0 Å². The van der Waals surface area contributed by atoms with Crippen LogP contribution in [0.1, 0.15) is 41.0 Å². The maximum atomic E-state index is 3.60. The standard InChI is InChI=1S/C15H33N3/c1-7-8-16-9-15(12(2)3)18-10-13(4)17(6)14(5)11-18/h12-16H,7-11H2,1-6H3. The van der Waals surface area contributed by atoms with Crippen molar-refractivity contribution >= 4 is 0 Å². The number of hydrogen-bond acceptors (Lipinski definition) is 3. The summed E-state index contributed by atoms with van der Waals surface area (Å²) in [5.74, 6) is 0.720. The Morgan fingerprint density at radius 3 is 2.17 bits per heavy atom. The Labute approximate surface area is 114 Å². The van der Waals surface area contributed by atoms with Crippen LogP contribution in [0, 0.1) is 5.92 Å². The second kappa shape index (κ2) is 7.46. The van der Waals surface area contributed by atoms with E-state index < -0.39 is 0 Å². The fourth-order valence-corrected chi connectivity index (χ4v) is 2.93. The fraction of sp³-hybridized carbons (Fsp3) is 1.00. The van der Waals surface area contributed by atoms with Crippen LogP contribution < -0.4 is 5.32 Å². The van der Waals surface area contributed by atoms with Gasteiger partial charge >= 0.3 is 0 Å². The van der Waals surface area contributed by atoms with Crippen LogP contribution in [0.15, 0.2) is 0 Å². The molecule has 0 aliphatic carbocycles. The van der Waals surface area contributed by atoms with E-state index >= 15 is 0 Å². The first-order valence-electron chi connectivity index (χ1n) is 7.64. The van der Waals surface area contributed by atoms with Crippen molar-refractivity contribution in [3.63, 3.8) is 0 Å². The summed E-state index contributed by atoms with van der Waals surface area (Å²) in [7, 11) is 2.26. The summed E-state index contributed by atoms with van der Waals surface area (Å²) in [4.78, 5) is 5.20. The van der Waals surface area contributed by atoms with Crippen molar-refractivity contribution in [3.8, 4) is 0 Å². The van der Waals surface area contributed by atoms with Crippen LogP contribution in [0.5, 0.6) is 0 Å². The summed E-state index contributed by atoms with van der Waals surface area (Å²) >= 11 is 0. The Balaban J connectivity index is 2.57. The van der Waals surface area contributed by atoms with Gasteiger partial charge in [-0.3, -0.25) is 9.80 Å². The Bertz CT molecular complexity index is 218. The Kier molecular flexibility index (Phi) is 6.61. The fourth-order valence-electron chi connectivity index (χ4n) is 2.93. The van der Waals surface area contributed by atoms with Crippen LogP contribution >= 0.6 is 0 Å². The smallest absolute Gasteiger partial charge is 0.0244 e. The molecular weight excluding hydrogens is 222 g/mol. The van der Waals surface area contributed by atoms with Crippen molar-refractivity contribution in [3.05, 3.63) is 0 Å². The molecule has 1 fully saturated rings.